The molecule has 3 heteroatoms. The van der Waals surface area contributed by atoms with Crippen molar-refractivity contribution in [3.05, 3.63) is 59.0 Å². The standard InChI is InChI=1S/C24H35N3/c1-7-11-19-16-25-24(26-20-12-9-10-13-20)27-23(19)21(8-2)22(18(5)6)15-14-17(3)4/h8,14-16,20H,3,7,9-13H2,1-2,4-6H3,(H,25,26,27)/b15-14-,21-8+. The summed E-state index contributed by atoms with van der Waals surface area (Å²) < 4.78 is 0. The maximum absolute atomic E-state index is 4.98. The number of hydrogen-bond acceptors (Lipinski definition) is 3. The molecule has 0 atom stereocenters. The molecule has 1 fully saturated rings. The van der Waals surface area contributed by atoms with Gasteiger partial charge in [-0.1, -0.05) is 62.1 Å². The van der Waals surface area contributed by atoms with Crippen molar-refractivity contribution in [3.8, 4) is 0 Å². The zero-order valence-electron chi connectivity index (χ0n) is 17.7. The zero-order valence-corrected chi connectivity index (χ0v) is 17.7. The fourth-order valence-corrected chi connectivity index (χ4v) is 3.59. The first-order chi connectivity index (χ1) is 13.0. The largest absolute Gasteiger partial charge is 0.351 e. The number of aryl methyl sites for hydroxylation is 1. The summed E-state index contributed by atoms with van der Waals surface area (Å²) in [6.07, 6.45) is 15.5. The molecule has 0 amide bonds. The number of nitrogens with one attached hydrogen (secondary N) is 1. The Labute approximate surface area is 165 Å². The zero-order chi connectivity index (χ0) is 19.8. The third kappa shape index (κ3) is 5.92. The van der Waals surface area contributed by atoms with Crippen molar-refractivity contribution < 1.29 is 0 Å². The van der Waals surface area contributed by atoms with Crippen molar-refractivity contribution in [3.63, 3.8) is 0 Å². The van der Waals surface area contributed by atoms with Gasteiger partial charge in [0.1, 0.15) is 0 Å². The van der Waals surface area contributed by atoms with Crippen LogP contribution in [0.25, 0.3) is 5.57 Å². The van der Waals surface area contributed by atoms with E-state index in [1.54, 1.807) is 0 Å². The molecular formula is C24H35N3. The van der Waals surface area contributed by atoms with Gasteiger partial charge in [-0.15, -0.1) is 0 Å². The highest BCUT2D eigenvalue weighted by Gasteiger charge is 2.18. The maximum Gasteiger partial charge on any atom is 0.223 e. The Morgan fingerprint density at radius 1 is 1.22 bits per heavy atom. The van der Waals surface area contributed by atoms with Gasteiger partial charge in [0, 0.05) is 17.8 Å². The van der Waals surface area contributed by atoms with Gasteiger partial charge in [0.05, 0.1) is 5.69 Å². The molecule has 0 radical (unpaired) electrons. The van der Waals surface area contributed by atoms with Gasteiger partial charge in [0.15, 0.2) is 0 Å². The molecule has 146 valence electrons. The number of hydrogen-bond donors (Lipinski definition) is 1. The minimum atomic E-state index is 0.509. The number of aromatic nitrogens is 2. The van der Waals surface area contributed by atoms with E-state index in [1.165, 1.54) is 48.0 Å². The summed E-state index contributed by atoms with van der Waals surface area (Å²) in [6, 6.07) is 0.509. The minimum absolute atomic E-state index is 0.509. The van der Waals surface area contributed by atoms with Crippen LogP contribution in [0.4, 0.5) is 5.95 Å². The molecule has 1 aromatic heterocycles. The fraction of sp³-hybridized carbons (Fsp3) is 0.500. The van der Waals surface area contributed by atoms with Crippen LogP contribution in [0.1, 0.15) is 78.0 Å². The first-order valence-electron chi connectivity index (χ1n) is 10.3. The van der Waals surface area contributed by atoms with E-state index in [4.69, 9.17) is 4.98 Å². The number of nitrogens with zero attached hydrogens (tertiary/aromatic N) is 2. The number of rotatable bonds is 8. The Morgan fingerprint density at radius 3 is 2.48 bits per heavy atom. The van der Waals surface area contributed by atoms with E-state index in [9.17, 15) is 0 Å². The Bertz CT molecular complexity index is 743. The molecule has 1 aliphatic carbocycles. The highest BCUT2D eigenvalue weighted by atomic mass is 15.1. The first kappa shape index (κ1) is 21.1. The van der Waals surface area contributed by atoms with Crippen LogP contribution in [-0.2, 0) is 6.42 Å². The monoisotopic (exact) mass is 365 g/mol. The van der Waals surface area contributed by atoms with Gasteiger partial charge in [0.2, 0.25) is 5.95 Å². The highest BCUT2D eigenvalue weighted by Crippen LogP contribution is 2.30. The minimum Gasteiger partial charge on any atom is -0.351 e. The van der Waals surface area contributed by atoms with Crippen LogP contribution in [0.2, 0.25) is 0 Å². The molecule has 3 nitrogen and oxygen atoms in total. The van der Waals surface area contributed by atoms with Crippen molar-refractivity contribution in [1.29, 1.82) is 0 Å². The Morgan fingerprint density at radius 2 is 1.93 bits per heavy atom. The third-order valence-electron chi connectivity index (χ3n) is 4.98. The summed E-state index contributed by atoms with van der Waals surface area (Å²) in [5.74, 6) is 0.757. The topological polar surface area (TPSA) is 37.8 Å². The van der Waals surface area contributed by atoms with Crippen LogP contribution in [0.15, 0.2) is 47.7 Å². The molecular weight excluding hydrogens is 330 g/mol. The number of allylic oxidation sites excluding steroid dienone is 7. The van der Waals surface area contributed by atoms with Crippen LogP contribution < -0.4 is 5.32 Å². The SMILES string of the molecule is C=C(C)/C=C\C(=C(C)C)/C(=C\C)c1nc(NC2CCCC2)ncc1CCC. The average Bonchev–Trinajstić information content (AvgIpc) is 3.13. The summed E-state index contributed by atoms with van der Waals surface area (Å²) >= 11 is 0. The lowest BCUT2D eigenvalue weighted by molar-refractivity contribution is 0.742. The van der Waals surface area contributed by atoms with Gasteiger partial charge in [-0.3, -0.25) is 0 Å². The van der Waals surface area contributed by atoms with Crippen LogP contribution in [0.3, 0.4) is 0 Å². The van der Waals surface area contributed by atoms with Crippen LogP contribution in [-0.4, -0.2) is 16.0 Å². The summed E-state index contributed by atoms with van der Waals surface area (Å²) in [4.78, 5) is 9.59. The van der Waals surface area contributed by atoms with E-state index in [0.29, 0.717) is 6.04 Å². The van der Waals surface area contributed by atoms with E-state index in [1.807, 2.05) is 13.1 Å². The van der Waals surface area contributed by atoms with Gasteiger partial charge in [-0.05, 0) is 58.1 Å². The van der Waals surface area contributed by atoms with Crippen molar-refractivity contribution in [1.82, 2.24) is 9.97 Å². The quantitative estimate of drug-likeness (QED) is 0.524. The van der Waals surface area contributed by atoms with Crippen LogP contribution in [0, 0.1) is 0 Å². The molecule has 0 aromatic carbocycles. The molecule has 0 spiro atoms. The van der Waals surface area contributed by atoms with Gasteiger partial charge in [0.25, 0.3) is 0 Å². The number of anilines is 1. The lowest BCUT2D eigenvalue weighted by Gasteiger charge is -2.17. The molecule has 1 heterocycles. The fourth-order valence-electron chi connectivity index (χ4n) is 3.59. The molecule has 1 N–H and O–H groups in total. The molecule has 0 unspecified atom stereocenters. The van der Waals surface area contributed by atoms with E-state index < -0.39 is 0 Å². The Balaban J connectivity index is 2.46. The predicted molar refractivity (Wildman–Crippen MR) is 118 cm³/mol. The van der Waals surface area contributed by atoms with Gasteiger partial charge < -0.3 is 5.32 Å². The summed E-state index contributed by atoms with van der Waals surface area (Å²) in [6.45, 7) is 14.6. The van der Waals surface area contributed by atoms with Crippen LogP contribution >= 0.6 is 0 Å². The molecule has 2 rings (SSSR count). The molecule has 0 bridgehead atoms. The molecule has 1 aromatic rings. The van der Waals surface area contributed by atoms with Gasteiger partial charge >= 0.3 is 0 Å². The van der Waals surface area contributed by atoms with E-state index in [-0.39, 0.29) is 0 Å². The van der Waals surface area contributed by atoms with E-state index in [0.717, 1.165) is 30.1 Å². The van der Waals surface area contributed by atoms with Gasteiger partial charge in [-0.2, -0.15) is 0 Å². The van der Waals surface area contributed by atoms with E-state index in [2.05, 4.69) is 62.8 Å². The Kier molecular flexibility index (Phi) is 8.02. The van der Waals surface area contributed by atoms with Crippen molar-refractivity contribution in [2.45, 2.75) is 79.2 Å². The normalized spacial score (nSPS) is 15.4. The van der Waals surface area contributed by atoms with Crippen molar-refractivity contribution in [2.24, 2.45) is 0 Å². The first-order valence-corrected chi connectivity index (χ1v) is 10.3. The lowest BCUT2D eigenvalue weighted by atomic mass is 9.93. The molecule has 0 saturated heterocycles. The van der Waals surface area contributed by atoms with Gasteiger partial charge in [-0.25, -0.2) is 9.97 Å². The van der Waals surface area contributed by atoms with Crippen molar-refractivity contribution >= 4 is 11.5 Å². The summed E-state index contributed by atoms with van der Waals surface area (Å²) in [7, 11) is 0. The molecule has 1 aliphatic rings. The second-order valence-corrected chi connectivity index (χ2v) is 7.74. The molecule has 27 heavy (non-hydrogen) atoms. The average molecular weight is 366 g/mol. The smallest absolute Gasteiger partial charge is 0.223 e. The van der Waals surface area contributed by atoms with Crippen LogP contribution in [0.5, 0.6) is 0 Å². The Hall–Kier alpha value is -2.16. The summed E-state index contributed by atoms with van der Waals surface area (Å²) in [5, 5.41) is 3.55. The molecule has 1 saturated carbocycles. The molecule has 0 aliphatic heterocycles. The van der Waals surface area contributed by atoms with Crippen molar-refractivity contribution in [2.75, 3.05) is 5.32 Å². The maximum atomic E-state index is 4.98. The summed E-state index contributed by atoms with van der Waals surface area (Å²) in [5.41, 5.74) is 6.97. The van der Waals surface area contributed by atoms with E-state index >= 15 is 0 Å². The predicted octanol–water partition coefficient (Wildman–Crippen LogP) is 6.66. The third-order valence-corrected chi connectivity index (χ3v) is 4.98. The second-order valence-electron chi connectivity index (χ2n) is 7.74. The lowest BCUT2D eigenvalue weighted by Crippen LogP contribution is -2.17. The second kappa shape index (κ2) is 10.2. The highest BCUT2D eigenvalue weighted by molar-refractivity contribution is 5.82.